The van der Waals surface area contributed by atoms with Gasteiger partial charge in [-0.2, -0.15) is 0 Å². The minimum Gasteiger partial charge on any atom is -0.340 e. The van der Waals surface area contributed by atoms with E-state index in [1.807, 2.05) is 0 Å². The van der Waals surface area contributed by atoms with Crippen molar-refractivity contribution >= 4 is 11.9 Å². The molecule has 0 aromatic carbocycles. The molecule has 2 N–H and O–H groups in total. The number of aliphatic imine (C=N–C) groups is 1. The van der Waals surface area contributed by atoms with Gasteiger partial charge < -0.3 is 5.32 Å². The van der Waals surface area contributed by atoms with Gasteiger partial charge in [0.15, 0.2) is 5.96 Å². The molecule has 2 unspecified atom stereocenters. The van der Waals surface area contributed by atoms with Crippen molar-refractivity contribution in [2.24, 2.45) is 4.99 Å². The average Bonchev–Trinajstić information content (AvgIpc) is 3.06. The summed E-state index contributed by atoms with van der Waals surface area (Å²) in [7, 11) is 0. The number of hydrogen-bond donors (Lipinski definition) is 2. The van der Waals surface area contributed by atoms with Gasteiger partial charge in [-0.05, 0) is 32.6 Å². The van der Waals surface area contributed by atoms with Crippen molar-refractivity contribution in [3.63, 3.8) is 0 Å². The van der Waals surface area contributed by atoms with Gasteiger partial charge in [0.1, 0.15) is 5.54 Å². The normalized spacial score (nSPS) is 38.4. The number of amides is 1. The predicted octanol–water partition coefficient (Wildman–Crippen LogP) is 0.467. The van der Waals surface area contributed by atoms with E-state index in [1.54, 1.807) is 0 Å². The van der Waals surface area contributed by atoms with Gasteiger partial charge in [-0.25, -0.2) is 0 Å². The monoisotopic (exact) mass is 250 g/mol. The third-order valence-electron chi connectivity index (χ3n) is 4.20. The van der Waals surface area contributed by atoms with Crippen LogP contribution in [0.4, 0.5) is 0 Å². The van der Waals surface area contributed by atoms with Crippen LogP contribution in [0, 0.1) is 0 Å². The number of likely N-dealkylation sites (tertiary alicyclic amines) is 1. The molecule has 2 aliphatic heterocycles. The molecule has 1 amide bonds. The molecule has 0 radical (unpaired) electrons. The van der Waals surface area contributed by atoms with Gasteiger partial charge in [-0.1, -0.05) is 6.92 Å². The summed E-state index contributed by atoms with van der Waals surface area (Å²) in [6.45, 7) is 5.91. The zero-order chi connectivity index (χ0) is 12.8. The van der Waals surface area contributed by atoms with Crippen LogP contribution in [-0.4, -0.2) is 47.5 Å². The molecule has 1 aliphatic carbocycles. The fraction of sp³-hybridized carbons (Fsp3) is 0.846. The molecule has 2 saturated heterocycles. The maximum atomic E-state index is 12.2. The van der Waals surface area contributed by atoms with Crippen LogP contribution >= 0.6 is 0 Å². The fourth-order valence-electron chi connectivity index (χ4n) is 3.15. The Hall–Kier alpha value is -1.10. The van der Waals surface area contributed by atoms with Crippen LogP contribution in [0.2, 0.25) is 0 Å². The molecular weight excluding hydrogens is 228 g/mol. The van der Waals surface area contributed by atoms with E-state index in [-0.39, 0.29) is 5.91 Å². The third-order valence-corrected chi connectivity index (χ3v) is 4.20. The van der Waals surface area contributed by atoms with Crippen molar-refractivity contribution < 1.29 is 4.79 Å². The molecule has 2 atom stereocenters. The molecular formula is C13H22N4O. The van der Waals surface area contributed by atoms with E-state index in [1.165, 1.54) is 12.8 Å². The summed E-state index contributed by atoms with van der Waals surface area (Å²) >= 11 is 0. The summed E-state index contributed by atoms with van der Waals surface area (Å²) in [4.78, 5) is 19.1. The molecule has 1 saturated carbocycles. The third kappa shape index (κ3) is 1.90. The summed E-state index contributed by atoms with van der Waals surface area (Å²) in [5.74, 6) is 0.777. The Morgan fingerprint density at radius 1 is 1.50 bits per heavy atom. The quantitative estimate of drug-likeness (QED) is 0.765. The molecule has 3 rings (SSSR count). The number of guanidine groups is 1. The SMILES string of the molecule is CCCN=C1NC(=O)C2(CC(C)N(C3CC3)C2)N1. The largest absolute Gasteiger partial charge is 0.340 e. The number of carbonyl (C=O) groups is 1. The van der Waals surface area contributed by atoms with E-state index in [0.29, 0.717) is 18.0 Å². The number of nitrogens with one attached hydrogen (secondary N) is 2. The van der Waals surface area contributed by atoms with Gasteiger partial charge in [-0.3, -0.25) is 20.0 Å². The van der Waals surface area contributed by atoms with Crippen molar-refractivity contribution in [3.05, 3.63) is 0 Å². The van der Waals surface area contributed by atoms with Crippen LogP contribution in [0.3, 0.4) is 0 Å². The summed E-state index contributed by atoms with van der Waals surface area (Å²) in [5, 5.41) is 6.24. The van der Waals surface area contributed by atoms with E-state index in [0.717, 1.165) is 25.9 Å². The number of rotatable bonds is 3. The molecule has 0 bridgehead atoms. The average molecular weight is 250 g/mol. The first-order valence-corrected chi connectivity index (χ1v) is 7.04. The van der Waals surface area contributed by atoms with Crippen LogP contribution in [0.15, 0.2) is 4.99 Å². The maximum absolute atomic E-state index is 12.2. The molecule has 5 heteroatoms. The Kier molecular flexibility index (Phi) is 2.81. The zero-order valence-electron chi connectivity index (χ0n) is 11.2. The topological polar surface area (TPSA) is 56.7 Å². The molecule has 3 fully saturated rings. The van der Waals surface area contributed by atoms with Gasteiger partial charge in [0.05, 0.1) is 0 Å². The van der Waals surface area contributed by atoms with Gasteiger partial charge in [-0.15, -0.1) is 0 Å². The second-order valence-corrected chi connectivity index (χ2v) is 5.85. The van der Waals surface area contributed by atoms with E-state index in [9.17, 15) is 4.79 Å². The van der Waals surface area contributed by atoms with Crippen molar-refractivity contribution in [1.29, 1.82) is 0 Å². The Morgan fingerprint density at radius 2 is 2.28 bits per heavy atom. The first-order valence-electron chi connectivity index (χ1n) is 7.04. The van der Waals surface area contributed by atoms with Gasteiger partial charge in [0, 0.05) is 25.2 Å². The molecule has 3 aliphatic rings. The highest BCUT2D eigenvalue weighted by atomic mass is 16.2. The zero-order valence-corrected chi connectivity index (χ0v) is 11.2. The lowest BCUT2D eigenvalue weighted by Crippen LogP contribution is -2.49. The van der Waals surface area contributed by atoms with Crippen LogP contribution in [0.5, 0.6) is 0 Å². The minimum absolute atomic E-state index is 0.104. The van der Waals surface area contributed by atoms with Crippen LogP contribution in [0.25, 0.3) is 0 Å². The Balaban J connectivity index is 1.74. The molecule has 5 nitrogen and oxygen atoms in total. The van der Waals surface area contributed by atoms with Gasteiger partial charge in [0.25, 0.3) is 5.91 Å². The fourth-order valence-corrected chi connectivity index (χ4v) is 3.15. The Bertz CT molecular complexity index is 390. The maximum Gasteiger partial charge on any atom is 0.253 e. The van der Waals surface area contributed by atoms with Crippen molar-refractivity contribution in [2.75, 3.05) is 13.1 Å². The van der Waals surface area contributed by atoms with Crippen molar-refractivity contribution in [1.82, 2.24) is 15.5 Å². The number of carbonyl (C=O) groups excluding carboxylic acids is 1. The van der Waals surface area contributed by atoms with Gasteiger partial charge >= 0.3 is 0 Å². The Morgan fingerprint density at radius 3 is 2.94 bits per heavy atom. The van der Waals surface area contributed by atoms with E-state index < -0.39 is 5.54 Å². The van der Waals surface area contributed by atoms with Gasteiger partial charge in [0.2, 0.25) is 0 Å². The van der Waals surface area contributed by atoms with E-state index in [4.69, 9.17) is 0 Å². The summed E-state index contributed by atoms with van der Waals surface area (Å²) in [6, 6.07) is 1.20. The standard InChI is InChI=1S/C13H22N4O/c1-3-6-14-12-15-11(18)13(16-12)7-9(2)17(8-13)10-4-5-10/h9-10H,3-8H2,1-2H3,(H2,14,15,16,18). The molecule has 0 aromatic heterocycles. The number of hydrogen-bond acceptors (Lipinski definition) is 3. The molecule has 2 heterocycles. The Labute approximate surface area is 108 Å². The minimum atomic E-state index is -0.422. The van der Waals surface area contributed by atoms with Crippen molar-refractivity contribution in [3.8, 4) is 0 Å². The van der Waals surface area contributed by atoms with E-state index >= 15 is 0 Å². The van der Waals surface area contributed by atoms with E-state index in [2.05, 4.69) is 34.4 Å². The lowest BCUT2D eigenvalue weighted by molar-refractivity contribution is -0.123. The van der Waals surface area contributed by atoms with Crippen LogP contribution in [-0.2, 0) is 4.79 Å². The van der Waals surface area contributed by atoms with Crippen LogP contribution < -0.4 is 10.6 Å². The first kappa shape index (κ1) is 12.0. The molecule has 0 aromatic rings. The second kappa shape index (κ2) is 4.23. The summed E-state index contributed by atoms with van der Waals surface area (Å²) in [5.41, 5.74) is -0.422. The highest BCUT2D eigenvalue weighted by molar-refractivity contribution is 6.09. The predicted molar refractivity (Wildman–Crippen MR) is 70.4 cm³/mol. The highest BCUT2D eigenvalue weighted by Gasteiger charge is 2.54. The molecule has 100 valence electrons. The highest BCUT2D eigenvalue weighted by Crippen LogP contribution is 2.38. The smallest absolute Gasteiger partial charge is 0.253 e. The summed E-state index contributed by atoms with van der Waals surface area (Å²) in [6.07, 6.45) is 4.47. The molecule has 1 spiro atoms. The van der Waals surface area contributed by atoms with Crippen molar-refractivity contribution in [2.45, 2.75) is 57.2 Å². The lowest BCUT2D eigenvalue weighted by Gasteiger charge is -2.22. The lowest BCUT2D eigenvalue weighted by atomic mass is 9.97. The molecule has 18 heavy (non-hydrogen) atoms. The first-order chi connectivity index (χ1) is 8.64. The summed E-state index contributed by atoms with van der Waals surface area (Å²) < 4.78 is 0. The number of nitrogens with zero attached hydrogens (tertiary/aromatic N) is 2. The van der Waals surface area contributed by atoms with Crippen LogP contribution in [0.1, 0.15) is 39.5 Å². The second-order valence-electron chi connectivity index (χ2n) is 5.85.